The summed E-state index contributed by atoms with van der Waals surface area (Å²) in [5.41, 5.74) is 5.96. The first-order chi connectivity index (χ1) is 13.1. The van der Waals surface area contributed by atoms with Gasteiger partial charge in [0.05, 0.1) is 17.9 Å². The van der Waals surface area contributed by atoms with Gasteiger partial charge in [0.25, 0.3) is 5.91 Å². The molecule has 2 aliphatic rings. The first kappa shape index (κ1) is 20.8. The number of nitrogens with zero attached hydrogens (tertiary/aromatic N) is 1. The molecule has 2 N–H and O–H groups in total. The van der Waals surface area contributed by atoms with Crippen LogP contribution in [0.4, 0.5) is 0 Å². The van der Waals surface area contributed by atoms with Crippen molar-refractivity contribution in [1.82, 2.24) is 0 Å². The maximum Gasteiger partial charge on any atom is 0.315 e. The summed E-state index contributed by atoms with van der Waals surface area (Å²) in [6.07, 6.45) is 3.31. The van der Waals surface area contributed by atoms with Crippen LogP contribution in [0, 0.1) is 17.3 Å². The molecule has 0 radical (unpaired) electrons. The Balaban J connectivity index is 1.77. The first-order valence-electron chi connectivity index (χ1n) is 8.34. The van der Waals surface area contributed by atoms with Crippen molar-refractivity contribution in [2.45, 2.75) is 13.8 Å². The highest BCUT2D eigenvalue weighted by Gasteiger charge is 2.61. The number of carbonyl (C=O) groups is 2. The summed E-state index contributed by atoms with van der Waals surface area (Å²) < 4.78 is 11.0. The van der Waals surface area contributed by atoms with Crippen LogP contribution in [-0.2, 0) is 9.59 Å². The number of halogens is 2. The molecule has 9 heteroatoms. The van der Waals surface area contributed by atoms with Crippen LogP contribution in [0.15, 0.2) is 38.7 Å². The fourth-order valence-electron chi connectivity index (χ4n) is 3.18. The van der Waals surface area contributed by atoms with Gasteiger partial charge in [-0.25, -0.2) is 0 Å². The summed E-state index contributed by atoms with van der Waals surface area (Å²) in [4.78, 5) is 28.4. The highest BCUT2D eigenvalue weighted by molar-refractivity contribution is 8.18. The van der Waals surface area contributed by atoms with Gasteiger partial charge in [0, 0.05) is 0 Å². The molecule has 1 aromatic rings. The zero-order chi connectivity index (χ0) is 20.6. The van der Waals surface area contributed by atoms with Crippen molar-refractivity contribution in [2.75, 3.05) is 7.11 Å². The molecule has 1 aliphatic carbocycles. The van der Waals surface area contributed by atoms with E-state index in [1.165, 1.54) is 7.11 Å². The maximum absolute atomic E-state index is 12.6. The quantitative estimate of drug-likeness (QED) is 0.420. The number of allylic oxidation sites excluding steroid dienone is 1. The highest BCUT2D eigenvalue weighted by Crippen LogP contribution is 2.60. The molecule has 1 amide bonds. The molecular formula is C19H18Cl2N2O4S. The smallest absolute Gasteiger partial charge is 0.315 e. The van der Waals surface area contributed by atoms with E-state index in [9.17, 15) is 9.59 Å². The molecule has 0 spiro atoms. The van der Waals surface area contributed by atoms with Gasteiger partial charge in [-0.05, 0) is 52.9 Å². The van der Waals surface area contributed by atoms with Gasteiger partial charge in [-0.1, -0.05) is 43.1 Å². The number of methoxy groups -OCH3 is 1. The van der Waals surface area contributed by atoms with E-state index in [4.69, 9.17) is 38.4 Å². The minimum absolute atomic E-state index is 0.0872. The number of rotatable bonds is 5. The highest BCUT2D eigenvalue weighted by atomic mass is 35.5. The predicted molar refractivity (Wildman–Crippen MR) is 111 cm³/mol. The number of ether oxygens (including phenoxy) is 2. The molecule has 6 nitrogen and oxygen atoms in total. The molecule has 0 aromatic heterocycles. The summed E-state index contributed by atoms with van der Waals surface area (Å²) in [6, 6.07) is 5.00. The molecular weight excluding hydrogens is 423 g/mol. The van der Waals surface area contributed by atoms with Crippen molar-refractivity contribution in [3.63, 3.8) is 0 Å². The summed E-state index contributed by atoms with van der Waals surface area (Å²) in [5.74, 6) is -0.543. The summed E-state index contributed by atoms with van der Waals surface area (Å²) in [7, 11) is 1.47. The van der Waals surface area contributed by atoms with E-state index in [1.54, 1.807) is 30.4 Å². The maximum atomic E-state index is 12.6. The predicted octanol–water partition coefficient (Wildman–Crippen LogP) is 4.12. The van der Waals surface area contributed by atoms with Crippen LogP contribution in [0.2, 0.25) is 0 Å². The Labute approximate surface area is 176 Å². The molecule has 1 aromatic carbocycles. The standard InChI is InChI=1S/C19H18Cl2N2O4S/c1-19(2)10(8-14(20)21)15(19)17(25)27-11-5-4-9(6-12(11)26-3)7-13-16(24)23-18(22)28-13/h4-8,10,15H,1-3H3,(H2,22,23,24)/b13-7+/t10-,15-/m0/s1. The number of hydrogen-bond acceptors (Lipinski definition) is 6. The number of carbonyl (C=O) groups excluding carboxylic acids is 2. The van der Waals surface area contributed by atoms with Crippen molar-refractivity contribution in [3.05, 3.63) is 39.2 Å². The molecule has 3 rings (SSSR count). The van der Waals surface area contributed by atoms with E-state index < -0.39 is 0 Å². The lowest BCUT2D eigenvalue weighted by Crippen LogP contribution is -2.14. The SMILES string of the molecule is COc1cc(/C=C2/SC(N)=NC2=O)ccc1OC(=O)[C@@H]1[C@H](C=C(Cl)Cl)C1(C)C. The zero-order valence-corrected chi connectivity index (χ0v) is 17.7. The normalized spacial score (nSPS) is 24.0. The zero-order valence-electron chi connectivity index (χ0n) is 15.4. The van der Waals surface area contributed by atoms with Crippen LogP contribution in [-0.4, -0.2) is 24.2 Å². The van der Waals surface area contributed by atoms with Gasteiger partial charge in [0.15, 0.2) is 16.7 Å². The lowest BCUT2D eigenvalue weighted by Gasteiger charge is -2.10. The van der Waals surface area contributed by atoms with E-state index in [-0.39, 0.29) is 38.8 Å². The van der Waals surface area contributed by atoms with E-state index in [0.29, 0.717) is 22.0 Å². The van der Waals surface area contributed by atoms with E-state index in [2.05, 4.69) is 4.99 Å². The summed E-state index contributed by atoms with van der Waals surface area (Å²) in [5, 5.41) is 0.210. The number of aliphatic imine (C=N–C) groups is 1. The van der Waals surface area contributed by atoms with Crippen LogP contribution >= 0.6 is 35.0 Å². The number of nitrogens with two attached hydrogens (primary N) is 1. The Kier molecular flexibility index (Phi) is 5.79. The molecule has 1 fully saturated rings. The van der Waals surface area contributed by atoms with Crippen molar-refractivity contribution in [1.29, 1.82) is 0 Å². The van der Waals surface area contributed by atoms with Gasteiger partial charge in [0.2, 0.25) is 0 Å². The minimum atomic E-state index is -0.384. The topological polar surface area (TPSA) is 91.0 Å². The van der Waals surface area contributed by atoms with Gasteiger partial charge >= 0.3 is 5.97 Å². The molecule has 0 bridgehead atoms. The van der Waals surface area contributed by atoms with E-state index in [0.717, 1.165) is 11.8 Å². The van der Waals surface area contributed by atoms with Crippen LogP contribution in [0.1, 0.15) is 19.4 Å². The first-order valence-corrected chi connectivity index (χ1v) is 9.91. The van der Waals surface area contributed by atoms with Crippen LogP contribution in [0.5, 0.6) is 11.5 Å². The molecule has 2 atom stereocenters. The average molecular weight is 441 g/mol. The van der Waals surface area contributed by atoms with Crippen LogP contribution in [0.3, 0.4) is 0 Å². The fraction of sp³-hybridized carbons (Fsp3) is 0.316. The molecule has 28 heavy (non-hydrogen) atoms. The van der Waals surface area contributed by atoms with Gasteiger partial charge < -0.3 is 15.2 Å². The number of amidine groups is 1. The molecule has 0 unspecified atom stereocenters. The number of amides is 1. The number of esters is 1. The molecule has 1 aliphatic heterocycles. The van der Waals surface area contributed by atoms with Crippen molar-refractivity contribution < 1.29 is 19.1 Å². The molecule has 1 heterocycles. The third-order valence-corrected chi connectivity index (χ3v) is 5.87. The average Bonchev–Trinajstić information content (AvgIpc) is 2.97. The summed E-state index contributed by atoms with van der Waals surface area (Å²) >= 11 is 12.6. The van der Waals surface area contributed by atoms with E-state index in [1.807, 2.05) is 13.8 Å². The van der Waals surface area contributed by atoms with Crippen molar-refractivity contribution in [3.8, 4) is 11.5 Å². The lowest BCUT2D eigenvalue weighted by atomic mass is 10.1. The molecule has 148 valence electrons. The lowest BCUT2D eigenvalue weighted by molar-refractivity contribution is -0.136. The number of thioether (sulfide) groups is 1. The Bertz CT molecular complexity index is 936. The molecule has 1 saturated carbocycles. The number of benzene rings is 1. The van der Waals surface area contributed by atoms with Crippen molar-refractivity contribution in [2.24, 2.45) is 28.0 Å². The van der Waals surface area contributed by atoms with Gasteiger partial charge in [-0.2, -0.15) is 4.99 Å². The van der Waals surface area contributed by atoms with Crippen LogP contribution < -0.4 is 15.2 Å². The second kappa shape index (κ2) is 7.81. The second-order valence-corrected chi connectivity index (χ2v) is 9.05. The second-order valence-electron chi connectivity index (χ2n) is 6.98. The van der Waals surface area contributed by atoms with E-state index >= 15 is 0 Å². The molecule has 0 saturated heterocycles. The largest absolute Gasteiger partial charge is 0.493 e. The summed E-state index contributed by atoms with van der Waals surface area (Å²) in [6.45, 7) is 3.90. The van der Waals surface area contributed by atoms with Gasteiger partial charge in [0.1, 0.15) is 4.49 Å². The minimum Gasteiger partial charge on any atom is -0.493 e. The Morgan fingerprint density at radius 3 is 2.61 bits per heavy atom. The van der Waals surface area contributed by atoms with Crippen LogP contribution in [0.25, 0.3) is 6.08 Å². The Hall–Kier alpha value is -1.96. The van der Waals surface area contributed by atoms with Gasteiger partial charge in [-0.3, -0.25) is 9.59 Å². The Morgan fingerprint density at radius 2 is 2.04 bits per heavy atom. The third-order valence-electron chi connectivity index (χ3n) is 4.80. The number of hydrogen-bond donors (Lipinski definition) is 1. The van der Waals surface area contributed by atoms with Gasteiger partial charge in [-0.15, -0.1) is 0 Å². The monoisotopic (exact) mass is 440 g/mol. The van der Waals surface area contributed by atoms with Crippen molar-refractivity contribution >= 4 is 58.1 Å². The Morgan fingerprint density at radius 1 is 1.32 bits per heavy atom. The third kappa shape index (κ3) is 4.21. The fourth-order valence-corrected chi connectivity index (χ4v) is 4.13.